The van der Waals surface area contributed by atoms with Crippen molar-refractivity contribution in [3.8, 4) is 0 Å². The molecular weight excluding hydrogens is 228 g/mol. The Morgan fingerprint density at radius 1 is 1.28 bits per heavy atom. The van der Waals surface area contributed by atoms with Gasteiger partial charge in [-0.3, -0.25) is 4.79 Å². The fraction of sp³-hybridized carbons (Fsp3) is 0.500. The summed E-state index contributed by atoms with van der Waals surface area (Å²) in [4.78, 5) is 12.0. The molecule has 0 radical (unpaired) electrons. The van der Waals surface area contributed by atoms with Crippen LogP contribution in [0.5, 0.6) is 0 Å². The van der Waals surface area contributed by atoms with Crippen LogP contribution in [-0.4, -0.2) is 23.2 Å². The quantitative estimate of drug-likeness (QED) is 0.750. The van der Waals surface area contributed by atoms with Crippen molar-refractivity contribution in [3.63, 3.8) is 0 Å². The maximum atomic E-state index is 12.0. The number of amides is 1. The lowest BCUT2D eigenvalue weighted by molar-refractivity contribution is -0.124. The Bertz CT molecular complexity index is 394. The predicted octanol–water partition coefficient (Wildman–Crippen LogP) is 1.11. The maximum Gasteiger partial charge on any atom is 0.241 e. The van der Waals surface area contributed by atoms with Gasteiger partial charge < -0.3 is 16.2 Å². The van der Waals surface area contributed by atoms with Gasteiger partial charge in [0.25, 0.3) is 0 Å². The van der Waals surface area contributed by atoms with Gasteiger partial charge in [-0.2, -0.15) is 0 Å². The second kappa shape index (κ2) is 5.98. The summed E-state index contributed by atoms with van der Waals surface area (Å²) in [6.45, 7) is 0. The zero-order chi connectivity index (χ0) is 13.0. The number of hydrogen-bond acceptors (Lipinski definition) is 3. The summed E-state index contributed by atoms with van der Waals surface area (Å²) >= 11 is 0. The van der Waals surface area contributed by atoms with Crippen molar-refractivity contribution in [2.75, 3.05) is 0 Å². The molecule has 2 rings (SSSR count). The highest BCUT2D eigenvalue weighted by Gasteiger charge is 2.26. The highest BCUT2D eigenvalue weighted by Crippen LogP contribution is 2.19. The number of aliphatic hydroxyl groups excluding tert-OH is 1. The normalized spacial score (nSPS) is 25.4. The molecule has 1 aliphatic rings. The van der Waals surface area contributed by atoms with E-state index in [4.69, 9.17) is 5.73 Å². The van der Waals surface area contributed by atoms with E-state index in [9.17, 15) is 9.90 Å². The van der Waals surface area contributed by atoms with Crippen molar-refractivity contribution in [1.29, 1.82) is 0 Å². The number of benzene rings is 1. The van der Waals surface area contributed by atoms with Gasteiger partial charge in [-0.25, -0.2) is 0 Å². The van der Waals surface area contributed by atoms with Gasteiger partial charge in [-0.15, -0.1) is 0 Å². The average Bonchev–Trinajstić information content (AvgIpc) is 2.41. The third kappa shape index (κ3) is 3.09. The third-order valence-electron chi connectivity index (χ3n) is 3.50. The van der Waals surface area contributed by atoms with Gasteiger partial charge in [0.05, 0.1) is 12.1 Å². The molecule has 0 bridgehead atoms. The Balaban J connectivity index is 1.95. The summed E-state index contributed by atoms with van der Waals surface area (Å²) in [6, 6.07) is 8.46. The van der Waals surface area contributed by atoms with Gasteiger partial charge in [0.1, 0.15) is 6.04 Å². The van der Waals surface area contributed by atoms with E-state index in [1.807, 2.05) is 30.3 Å². The standard InChI is InChI=1S/C14H20N2O2/c15-13(10-6-2-1-3-7-10)14(18)16-11-8-4-5-9-12(11)17/h1-3,6-7,11-13,17H,4-5,8-9,15H2,(H,16,18)/t11?,12?,13-/m0/s1. The van der Waals surface area contributed by atoms with Gasteiger partial charge in [0, 0.05) is 0 Å². The van der Waals surface area contributed by atoms with Crippen molar-refractivity contribution in [3.05, 3.63) is 35.9 Å². The lowest BCUT2D eigenvalue weighted by Gasteiger charge is -2.29. The fourth-order valence-electron chi connectivity index (χ4n) is 2.36. The van der Waals surface area contributed by atoms with Crippen LogP contribution in [0.3, 0.4) is 0 Å². The van der Waals surface area contributed by atoms with Crippen molar-refractivity contribution in [1.82, 2.24) is 5.32 Å². The maximum absolute atomic E-state index is 12.0. The molecule has 1 fully saturated rings. The summed E-state index contributed by atoms with van der Waals surface area (Å²) in [5, 5.41) is 12.7. The van der Waals surface area contributed by atoms with Crippen molar-refractivity contribution in [2.24, 2.45) is 5.73 Å². The minimum absolute atomic E-state index is 0.152. The lowest BCUT2D eigenvalue weighted by atomic mass is 9.92. The van der Waals surface area contributed by atoms with E-state index in [1.165, 1.54) is 0 Å². The monoisotopic (exact) mass is 248 g/mol. The molecule has 2 unspecified atom stereocenters. The van der Waals surface area contributed by atoms with E-state index in [0.717, 1.165) is 31.2 Å². The number of aliphatic hydroxyl groups is 1. The first-order valence-corrected chi connectivity index (χ1v) is 6.47. The number of rotatable bonds is 3. The Labute approximate surface area is 107 Å². The Hall–Kier alpha value is -1.39. The molecule has 0 saturated heterocycles. The van der Waals surface area contributed by atoms with Crippen LogP contribution in [0.1, 0.15) is 37.3 Å². The zero-order valence-corrected chi connectivity index (χ0v) is 10.4. The molecule has 4 N–H and O–H groups in total. The largest absolute Gasteiger partial charge is 0.391 e. The zero-order valence-electron chi connectivity index (χ0n) is 10.4. The lowest BCUT2D eigenvalue weighted by Crippen LogP contribution is -2.48. The number of hydrogen-bond donors (Lipinski definition) is 3. The molecule has 1 saturated carbocycles. The molecule has 18 heavy (non-hydrogen) atoms. The summed E-state index contributed by atoms with van der Waals surface area (Å²) in [5.74, 6) is -0.216. The van der Waals surface area contributed by atoms with Crippen LogP contribution in [0.2, 0.25) is 0 Å². The molecule has 0 spiro atoms. The van der Waals surface area contributed by atoms with E-state index in [-0.39, 0.29) is 11.9 Å². The first-order valence-electron chi connectivity index (χ1n) is 6.47. The van der Waals surface area contributed by atoms with Gasteiger partial charge in [-0.1, -0.05) is 43.2 Å². The van der Waals surface area contributed by atoms with Crippen LogP contribution in [0.15, 0.2) is 30.3 Å². The Morgan fingerprint density at radius 3 is 2.61 bits per heavy atom. The van der Waals surface area contributed by atoms with Gasteiger partial charge in [0.15, 0.2) is 0 Å². The first kappa shape index (κ1) is 13.1. The van der Waals surface area contributed by atoms with Crippen LogP contribution in [0.4, 0.5) is 0 Å². The van der Waals surface area contributed by atoms with E-state index < -0.39 is 12.1 Å². The van der Waals surface area contributed by atoms with Gasteiger partial charge >= 0.3 is 0 Å². The molecule has 0 aliphatic heterocycles. The average molecular weight is 248 g/mol. The molecular formula is C14H20N2O2. The molecule has 3 atom stereocenters. The number of carbonyl (C=O) groups is 1. The molecule has 4 heteroatoms. The van der Waals surface area contributed by atoms with E-state index in [1.54, 1.807) is 0 Å². The van der Waals surface area contributed by atoms with Crippen LogP contribution in [0.25, 0.3) is 0 Å². The first-order chi connectivity index (χ1) is 8.68. The highest BCUT2D eigenvalue weighted by molar-refractivity contribution is 5.83. The number of nitrogens with two attached hydrogens (primary N) is 1. The molecule has 0 heterocycles. The minimum atomic E-state index is -0.666. The third-order valence-corrected chi connectivity index (χ3v) is 3.50. The Morgan fingerprint density at radius 2 is 1.94 bits per heavy atom. The van der Waals surface area contributed by atoms with Crippen molar-refractivity contribution >= 4 is 5.91 Å². The molecule has 0 aromatic heterocycles. The summed E-state index contributed by atoms with van der Waals surface area (Å²) < 4.78 is 0. The molecule has 1 amide bonds. The molecule has 1 aromatic rings. The minimum Gasteiger partial charge on any atom is -0.391 e. The van der Waals surface area contributed by atoms with Crippen molar-refractivity contribution in [2.45, 2.75) is 43.9 Å². The summed E-state index contributed by atoms with van der Waals surface area (Å²) in [5.41, 5.74) is 6.70. The topological polar surface area (TPSA) is 75.4 Å². The second-order valence-corrected chi connectivity index (χ2v) is 4.86. The van der Waals surface area contributed by atoms with Crippen molar-refractivity contribution < 1.29 is 9.90 Å². The van der Waals surface area contributed by atoms with Crippen LogP contribution >= 0.6 is 0 Å². The molecule has 1 aliphatic carbocycles. The highest BCUT2D eigenvalue weighted by atomic mass is 16.3. The molecule has 98 valence electrons. The van der Waals surface area contributed by atoms with Crippen LogP contribution in [0, 0.1) is 0 Å². The smallest absolute Gasteiger partial charge is 0.241 e. The summed E-state index contributed by atoms with van der Waals surface area (Å²) in [7, 11) is 0. The van der Waals surface area contributed by atoms with Gasteiger partial charge in [0.2, 0.25) is 5.91 Å². The SMILES string of the molecule is N[C@H](C(=O)NC1CCCCC1O)c1ccccc1. The predicted molar refractivity (Wildman–Crippen MR) is 69.8 cm³/mol. The van der Waals surface area contributed by atoms with E-state index in [0.29, 0.717) is 0 Å². The van der Waals surface area contributed by atoms with Gasteiger partial charge in [-0.05, 0) is 18.4 Å². The molecule has 1 aromatic carbocycles. The summed E-state index contributed by atoms with van der Waals surface area (Å²) in [6.07, 6.45) is 3.21. The fourth-order valence-corrected chi connectivity index (χ4v) is 2.36. The molecule has 4 nitrogen and oxygen atoms in total. The van der Waals surface area contributed by atoms with E-state index in [2.05, 4.69) is 5.32 Å². The van der Waals surface area contributed by atoms with Crippen LogP contribution in [-0.2, 0) is 4.79 Å². The number of carbonyl (C=O) groups excluding carboxylic acids is 1. The van der Waals surface area contributed by atoms with Crippen LogP contribution < -0.4 is 11.1 Å². The second-order valence-electron chi connectivity index (χ2n) is 4.86. The number of nitrogens with one attached hydrogen (secondary N) is 1. The Kier molecular flexibility index (Phi) is 4.33. The van der Waals surface area contributed by atoms with E-state index >= 15 is 0 Å².